The number of carbonyl (C=O) groups is 1. The molecule has 0 radical (unpaired) electrons. The Morgan fingerprint density at radius 2 is 2.35 bits per heavy atom. The molecule has 0 bridgehead atoms. The van der Waals surface area contributed by atoms with E-state index in [0.29, 0.717) is 25.1 Å². The molecule has 4 nitrogen and oxygen atoms in total. The molecule has 0 aliphatic rings. The van der Waals surface area contributed by atoms with Gasteiger partial charge in [-0.2, -0.15) is 5.26 Å². The van der Waals surface area contributed by atoms with Crippen LogP contribution < -0.4 is 10.1 Å². The number of halogens is 1. The molecule has 0 aliphatic heterocycles. The fourth-order valence-corrected chi connectivity index (χ4v) is 1.27. The molecule has 5 heteroatoms. The quantitative estimate of drug-likeness (QED) is 0.794. The van der Waals surface area contributed by atoms with E-state index in [1.165, 1.54) is 19.2 Å². The number of amides is 1. The molecule has 1 rings (SSSR count). The van der Waals surface area contributed by atoms with Crippen LogP contribution >= 0.6 is 0 Å². The van der Waals surface area contributed by atoms with Crippen molar-refractivity contribution in [2.45, 2.75) is 12.8 Å². The average Bonchev–Trinajstić information content (AvgIpc) is 2.34. The standard InChI is InChI=1S/C12H13FN2O2/c1-17-9-4-5-10(11(13)8-9)12(16)15-7-3-2-6-14/h4-5,8H,2-3,7H2,1H3,(H,15,16). The summed E-state index contributed by atoms with van der Waals surface area (Å²) in [5.41, 5.74) is -0.0252. The summed E-state index contributed by atoms with van der Waals surface area (Å²) >= 11 is 0. The van der Waals surface area contributed by atoms with E-state index in [1.807, 2.05) is 6.07 Å². The summed E-state index contributed by atoms with van der Waals surface area (Å²) in [6.45, 7) is 0.359. The Morgan fingerprint density at radius 3 is 2.94 bits per heavy atom. The summed E-state index contributed by atoms with van der Waals surface area (Å²) in [5, 5.41) is 10.9. The van der Waals surface area contributed by atoms with Crippen LogP contribution in [0, 0.1) is 17.1 Å². The first-order chi connectivity index (χ1) is 8.19. The van der Waals surface area contributed by atoms with Gasteiger partial charge >= 0.3 is 0 Å². The summed E-state index contributed by atoms with van der Waals surface area (Å²) in [7, 11) is 1.43. The van der Waals surface area contributed by atoms with E-state index >= 15 is 0 Å². The Balaban J connectivity index is 2.60. The molecular weight excluding hydrogens is 223 g/mol. The molecule has 17 heavy (non-hydrogen) atoms. The third-order valence-electron chi connectivity index (χ3n) is 2.17. The molecule has 0 unspecified atom stereocenters. The number of carbonyl (C=O) groups excluding carboxylic acids is 1. The Kier molecular flexibility index (Phi) is 4.95. The zero-order chi connectivity index (χ0) is 12.7. The maximum Gasteiger partial charge on any atom is 0.254 e. The molecule has 90 valence electrons. The van der Waals surface area contributed by atoms with Crippen molar-refractivity contribution >= 4 is 5.91 Å². The van der Waals surface area contributed by atoms with Gasteiger partial charge in [-0.3, -0.25) is 4.79 Å². The van der Waals surface area contributed by atoms with Crippen LogP contribution in [0.5, 0.6) is 5.75 Å². The molecule has 0 saturated carbocycles. The van der Waals surface area contributed by atoms with Crippen molar-refractivity contribution in [1.29, 1.82) is 5.26 Å². The van der Waals surface area contributed by atoms with Crippen LogP contribution in [0.25, 0.3) is 0 Å². The van der Waals surface area contributed by atoms with Crippen LogP contribution in [0.4, 0.5) is 4.39 Å². The van der Waals surface area contributed by atoms with Gasteiger partial charge in [-0.25, -0.2) is 4.39 Å². The predicted molar refractivity (Wildman–Crippen MR) is 60.1 cm³/mol. The van der Waals surface area contributed by atoms with Gasteiger partial charge in [0.15, 0.2) is 0 Å². The van der Waals surface area contributed by atoms with Crippen molar-refractivity contribution < 1.29 is 13.9 Å². The minimum Gasteiger partial charge on any atom is -0.497 e. The number of benzene rings is 1. The second-order valence-electron chi connectivity index (χ2n) is 3.36. The first-order valence-corrected chi connectivity index (χ1v) is 5.17. The summed E-state index contributed by atoms with van der Waals surface area (Å²) in [5.74, 6) is -0.742. The van der Waals surface area contributed by atoms with E-state index in [4.69, 9.17) is 10.00 Å². The topological polar surface area (TPSA) is 62.1 Å². The van der Waals surface area contributed by atoms with Gasteiger partial charge in [0.2, 0.25) is 0 Å². The van der Waals surface area contributed by atoms with E-state index in [2.05, 4.69) is 5.32 Å². The van der Waals surface area contributed by atoms with Crippen molar-refractivity contribution in [3.63, 3.8) is 0 Å². The highest BCUT2D eigenvalue weighted by molar-refractivity contribution is 5.94. The molecule has 1 N–H and O–H groups in total. The van der Waals surface area contributed by atoms with Gasteiger partial charge in [0, 0.05) is 19.0 Å². The van der Waals surface area contributed by atoms with E-state index in [1.54, 1.807) is 0 Å². The smallest absolute Gasteiger partial charge is 0.254 e. The van der Waals surface area contributed by atoms with Crippen LogP contribution in [0.3, 0.4) is 0 Å². The molecule has 1 aromatic carbocycles. The Bertz CT molecular complexity index is 441. The third-order valence-corrected chi connectivity index (χ3v) is 2.17. The normalized spacial score (nSPS) is 9.47. The van der Waals surface area contributed by atoms with Gasteiger partial charge in [-0.15, -0.1) is 0 Å². The van der Waals surface area contributed by atoms with Crippen molar-refractivity contribution in [2.75, 3.05) is 13.7 Å². The van der Waals surface area contributed by atoms with Crippen molar-refractivity contribution in [1.82, 2.24) is 5.32 Å². The first-order valence-electron chi connectivity index (χ1n) is 5.17. The van der Waals surface area contributed by atoms with Crippen LogP contribution in [0.2, 0.25) is 0 Å². The molecule has 0 saturated heterocycles. The highest BCUT2D eigenvalue weighted by Crippen LogP contribution is 2.15. The monoisotopic (exact) mass is 236 g/mol. The Hall–Kier alpha value is -2.09. The molecule has 0 aromatic heterocycles. The second-order valence-corrected chi connectivity index (χ2v) is 3.36. The van der Waals surface area contributed by atoms with Crippen molar-refractivity contribution in [3.05, 3.63) is 29.6 Å². The highest BCUT2D eigenvalue weighted by atomic mass is 19.1. The number of unbranched alkanes of at least 4 members (excludes halogenated alkanes) is 1. The van der Waals surface area contributed by atoms with E-state index in [0.717, 1.165) is 6.07 Å². The number of nitriles is 1. The fourth-order valence-electron chi connectivity index (χ4n) is 1.27. The molecule has 1 amide bonds. The lowest BCUT2D eigenvalue weighted by molar-refractivity contribution is 0.0949. The Labute approximate surface area is 99.0 Å². The summed E-state index contributed by atoms with van der Waals surface area (Å²) < 4.78 is 18.3. The average molecular weight is 236 g/mol. The number of hydrogen-bond donors (Lipinski definition) is 1. The zero-order valence-corrected chi connectivity index (χ0v) is 9.50. The van der Waals surface area contributed by atoms with Crippen molar-refractivity contribution in [2.24, 2.45) is 0 Å². The van der Waals surface area contributed by atoms with E-state index < -0.39 is 11.7 Å². The number of nitrogens with one attached hydrogen (secondary N) is 1. The van der Waals surface area contributed by atoms with Gasteiger partial charge in [-0.05, 0) is 18.6 Å². The van der Waals surface area contributed by atoms with E-state index in [-0.39, 0.29) is 5.56 Å². The molecule has 0 spiro atoms. The zero-order valence-electron chi connectivity index (χ0n) is 9.50. The van der Waals surface area contributed by atoms with Gasteiger partial charge in [0.25, 0.3) is 5.91 Å². The lowest BCUT2D eigenvalue weighted by atomic mass is 10.2. The highest BCUT2D eigenvalue weighted by Gasteiger charge is 2.11. The molecule has 1 aromatic rings. The SMILES string of the molecule is COc1ccc(C(=O)NCCCC#N)c(F)c1. The van der Waals surface area contributed by atoms with Crippen LogP contribution in [0.15, 0.2) is 18.2 Å². The second kappa shape index (κ2) is 6.48. The molecule has 0 fully saturated rings. The van der Waals surface area contributed by atoms with Gasteiger partial charge in [0.05, 0.1) is 18.7 Å². The molecule has 0 aliphatic carbocycles. The molecule has 0 atom stereocenters. The van der Waals surface area contributed by atoms with Gasteiger partial charge in [0.1, 0.15) is 11.6 Å². The van der Waals surface area contributed by atoms with E-state index in [9.17, 15) is 9.18 Å². The maximum atomic E-state index is 13.5. The number of methoxy groups -OCH3 is 1. The third kappa shape index (κ3) is 3.76. The fraction of sp³-hybridized carbons (Fsp3) is 0.333. The lowest BCUT2D eigenvalue weighted by Gasteiger charge is -2.06. The number of rotatable bonds is 5. The lowest BCUT2D eigenvalue weighted by Crippen LogP contribution is -2.25. The largest absolute Gasteiger partial charge is 0.497 e. The summed E-state index contributed by atoms with van der Waals surface area (Å²) in [6, 6.07) is 6.01. The number of ether oxygens (including phenoxy) is 1. The predicted octanol–water partition coefficient (Wildman–Crippen LogP) is 1.87. The maximum absolute atomic E-state index is 13.5. The Morgan fingerprint density at radius 1 is 1.59 bits per heavy atom. The summed E-state index contributed by atoms with van der Waals surface area (Å²) in [4.78, 5) is 11.6. The number of hydrogen-bond acceptors (Lipinski definition) is 3. The minimum atomic E-state index is -0.623. The van der Waals surface area contributed by atoms with Gasteiger partial charge < -0.3 is 10.1 Å². The molecular formula is C12H13FN2O2. The van der Waals surface area contributed by atoms with Crippen molar-refractivity contribution in [3.8, 4) is 11.8 Å². The van der Waals surface area contributed by atoms with Gasteiger partial charge in [-0.1, -0.05) is 0 Å². The van der Waals surface area contributed by atoms with Crippen LogP contribution in [-0.4, -0.2) is 19.6 Å². The molecule has 0 heterocycles. The van der Waals surface area contributed by atoms with Crippen LogP contribution in [-0.2, 0) is 0 Å². The minimum absolute atomic E-state index is 0.0252. The first kappa shape index (κ1) is 13.0. The number of nitrogens with zero attached hydrogens (tertiary/aromatic N) is 1. The summed E-state index contributed by atoms with van der Waals surface area (Å²) in [6.07, 6.45) is 0.922. The van der Waals surface area contributed by atoms with Crippen LogP contribution in [0.1, 0.15) is 23.2 Å².